The van der Waals surface area contributed by atoms with Crippen molar-refractivity contribution in [2.75, 3.05) is 0 Å². The number of aromatic amines is 2. The summed E-state index contributed by atoms with van der Waals surface area (Å²) in [4.78, 5) is 17.6. The van der Waals surface area contributed by atoms with E-state index in [2.05, 4.69) is 20.2 Å². The van der Waals surface area contributed by atoms with E-state index in [4.69, 9.17) is 0 Å². The molecule has 2 heterocycles. The van der Waals surface area contributed by atoms with Crippen molar-refractivity contribution in [2.45, 2.75) is 6.54 Å². The molecule has 3 rings (SSSR count). The highest BCUT2D eigenvalue weighted by atomic mass is 19.2. The van der Waals surface area contributed by atoms with Crippen LogP contribution in [0.5, 0.6) is 0 Å². The Morgan fingerprint density at radius 2 is 2.10 bits per heavy atom. The van der Waals surface area contributed by atoms with Gasteiger partial charge in [0.1, 0.15) is 5.82 Å². The van der Waals surface area contributed by atoms with Gasteiger partial charge in [0.25, 0.3) is 0 Å². The second kappa shape index (κ2) is 4.72. The molecule has 0 aliphatic carbocycles. The number of H-pyrrole nitrogens is 2. The zero-order valence-electron chi connectivity index (χ0n) is 10.1. The summed E-state index contributed by atoms with van der Waals surface area (Å²) in [6, 6.07) is 3.55. The summed E-state index contributed by atoms with van der Waals surface area (Å²) in [5.41, 5.74) is 0.0290. The number of rotatable bonds is 3. The van der Waals surface area contributed by atoms with Crippen molar-refractivity contribution in [3.8, 4) is 11.4 Å². The predicted octanol–water partition coefficient (Wildman–Crippen LogP) is 1.29. The number of imidazole rings is 1. The van der Waals surface area contributed by atoms with Crippen molar-refractivity contribution in [3.63, 3.8) is 0 Å². The second-order valence-electron chi connectivity index (χ2n) is 4.13. The van der Waals surface area contributed by atoms with Gasteiger partial charge in [0.05, 0.1) is 6.54 Å². The van der Waals surface area contributed by atoms with Crippen molar-refractivity contribution in [1.29, 1.82) is 0 Å². The molecule has 0 spiro atoms. The molecular formula is C12H9F2N5O. The van der Waals surface area contributed by atoms with Crippen molar-refractivity contribution < 1.29 is 8.78 Å². The maximum Gasteiger partial charge on any atom is 0.340 e. The summed E-state index contributed by atoms with van der Waals surface area (Å²) in [6.07, 6.45) is 3.19. The molecule has 0 aliphatic heterocycles. The van der Waals surface area contributed by atoms with Crippen LogP contribution >= 0.6 is 0 Å². The van der Waals surface area contributed by atoms with E-state index < -0.39 is 17.3 Å². The molecular weight excluding hydrogens is 268 g/mol. The minimum atomic E-state index is -0.940. The molecule has 20 heavy (non-hydrogen) atoms. The first kappa shape index (κ1) is 12.3. The lowest BCUT2D eigenvalue weighted by Gasteiger charge is -2.06. The first-order valence-electron chi connectivity index (χ1n) is 5.73. The van der Waals surface area contributed by atoms with Crippen LogP contribution in [0.1, 0.15) is 5.82 Å². The lowest BCUT2D eigenvalue weighted by Crippen LogP contribution is -2.05. The molecule has 0 saturated carbocycles. The number of nitrogens with zero attached hydrogens (tertiary/aromatic N) is 3. The molecule has 0 unspecified atom stereocenters. The molecule has 0 bridgehead atoms. The maximum absolute atomic E-state index is 13.3. The van der Waals surface area contributed by atoms with Gasteiger partial charge in [0.2, 0.25) is 0 Å². The Balaban J connectivity index is 1.97. The third-order valence-corrected chi connectivity index (χ3v) is 2.76. The zero-order chi connectivity index (χ0) is 14.1. The summed E-state index contributed by atoms with van der Waals surface area (Å²) >= 11 is 0. The van der Waals surface area contributed by atoms with Crippen LogP contribution in [0.25, 0.3) is 11.4 Å². The highest BCUT2D eigenvalue weighted by Gasteiger charge is 2.11. The summed E-state index contributed by atoms with van der Waals surface area (Å²) in [5.74, 6) is -0.988. The van der Waals surface area contributed by atoms with Crippen molar-refractivity contribution in [3.05, 3.63) is 58.5 Å². The van der Waals surface area contributed by atoms with Gasteiger partial charge in [0, 0.05) is 18.0 Å². The van der Waals surface area contributed by atoms with Gasteiger partial charge in [-0.25, -0.2) is 23.7 Å². The van der Waals surface area contributed by atoms with Crippen LogP contribution < -0.4 is 5.69 Å². The van der Waals surface area contributed by atoms with Crippen molar-refractivity contribution in [2.24, 2.45) is 0 Å². The molecule has 0 saturated heterocycles. The van der Waals surface area contributed by atoms with E-state index in [9.17, 15) is 13.6 Å². The third kappa shape index (κ3) is 2.22. The van der Waals surface area contributed by atoms with Crippen LogP contribution in [-0.2, 0) is 6.54 Å². The van der Waals surface area contributed by atoms with Gasteiger partial charge >= 0.3 is 5.69 Å². The van der Waals surface area contributed by atoms with Gasteiger partial charge in [-0.2, -0.15) is 5.10 Å². The van der Waals surface area contributed by atoms with E-state index >= 15 is 0 Å². The molecule has 3 aromatic rings. The van der Waals surface area contributed by atoms with Crippen LogP contribution in [0.2, 0.25) is 0 Å². The Hall–Kier alpha value is -2.77. The molecule has 1 aromatic carbocycles. The van der Waals surface area contributed by atoms with E-state index in [1.54, 1.807) is 10.8 Å². The fourth-order valence-electron chi connectivity index (χ4n) is 1.87. The van der Waals surface area contributed by atoms with E-state index in [1.165, 1.54) is 12.3 Å². The predicted molar refractivity (Wildman–Crippen MR) is 65.9 cm³/mol. The van der Waals surface area contributed by atoms with Crippen LogP contribution in [0.15, 0.2) is 35.4 Å². The number of halogens is 2. The number of nitrogens with one attached hydrogen (secondary N) is 2. The van der Waals surface area contributed by atoms with Crippen LogP contribution in [0.3, 0.4) is 0 Å². The molecule has 102 valence electrons. The normalized spacial score (nSPS) is 10.9. The number of aromatic nitrogens is 5. The quantitative estimate of drug-likeness (QED) is 0.757. The standard InChI is InChI=1S/C12H9F2N5O/c13-8-2-1-7(5-9(8)14)11-15-3-4-19(11)6-10-16-12(20)18-17-10/h1-5H,6H2,(H2,16,17,18,20). The molecule has 2 aromatic heterocycles. The highest BCUT2D eigenvalue weighted by molar-refractivity contribution is 5.55. The third-order valence-electron chi connectivity index (χ3n) is 2.76. The topological polar surface area (TPSA) is 79.4 Å². The van der Waals surface area contributed by atoms with Crippen LogP contribution in [0, 0.1) is 11.6 Å². The van der Waals surface area contributed by atoms with Gasteiger partial charge in [-0.15, -0.1) is 0 Å². The average Bonchev–Trinajstić information content (AvgIpc) is 3.03. The van der Waals surface area contributed by atoms with E-state index in [0.29, 0.717) is 17.2 Å². The smallest absolute Gasteiger partial charge is 0.323 e. The summed E-state index contributed by atoms with van der Waals surface area (Å²) in [7, 11) is 0. The summed E-state index contributed by atoms with van der Waals surface area (Å²) < 4.78 is 27.9. The summed E-state index contributed by atoms with van der Waals surface area (Å²) in [6.45, 7) is 0.257. The lowest BCUT2D eigenvalue weighted by molar-refractivity contribution is 0.509. The Morgan fingerprint density at radius 3 is 2.80 bits per heavy atom. The molecule has 0 fully saturated rings. The highest BCUT2D eigenvalue weighted by Crippen LogP contribution is 2.20. The molecule has 0 amide bonds. The molecule has 0 radical (unpaired) electrons. The minimum absolute atomic E-state index is 0.257. The second-order valence-corrected chi connectivity index (χ2v) is 4.13. The maximum atomic E-state index is 13.3. The van der Waals surface area contributed by atoms with Gasteiger partial charge < -0.3 is 4.57 Å². The zero-order valence-corrected chi connectivity index (χ0v) is 10.1. The monoisotopic (exact) mass is 277 g/mol. The fraction of sp³-hybridized carbons (Fsp3) is 0.0833. The van der Waals surface area contributed by atoms with Gasteiger partial charge in [0.15, 0.2) is 17.5 Å². The van der Waals surface area contributed by atoms with E-state index in [1.807, 2.05) is 0 Å². The minimum Gasteiger partial charge on any atom is -0.323 e. The van der Waals surface area contributed by atoms with Gasteiger partial charge in [-0.05, 0) is 18.2 Å². The molecule has 8 heteroatoms. The van der Waals surface area contributed by atoms with Crippen LogP contribution in [-0.4, -0.2) is 24.7 Å². The number of hydrogen-bond acceptors (Lipinski definition) is 3. The van der Waals surface area contributed by atoms with E-state index in [0.717, 1.165) is 12.1 Å². The lowest BCUT2D eigenvalue weighted by atomic mass is 10.2. The van der Waals surface area contributed by atoms with E-state index in [-0.39, 0.29) is 6.54 Å². The Bertz CT molecular complexity index is 804. The van der Waals surface area contributed by atoms with Gasteiger partial charge in [-0.1, -0.05) is 0 Å². The number of hydrogen-bond donors (Lipinski definition) is 2. The average molecular weight is 277 g/mol. The summed E-state index contributed by atoms with van der Waals surface area (Å²) in [5, 5.41) is 6.03. The van der Waals surface area contributed by atoms with Crippen molar-refractivity contribution in [1.82, 2.24) is 24.7 Å². The Morgan fingerprint density at radius 1 is 1.25 bits per heavy atom. The van der Waals surface area contributed by atoms with Gasteiger partial charge in [-0.3, -0.25) is 4.98 Å². The largest absolute Gasteiger partial charge is 0.340 e. The first-order chi connectivity index (χ1) is 9.63. The molecule has 0 atom stereocenters. The fourth-order valence-corrected chi connectivity index (χ4v) is 1.87. The van der Waals surface area contributed by atoms with Crippen LogP contribution in [0.4, 0.5) is 8.78 Å². The first-order valence-corrected chi connectivity index (χ1v) is 5.73. The van der Waals surface area contributed by atoms with Crippen molar-refractivity contribution >= 4 is 0 Å². The molecule has 2 N–H and O–H groups in total. The number of benzene rings is 1. The Kier molecular flexibility index (Phi) is 2.90. The molecule has 0 aliphatic rings. The SMILES string of the molecule is O=c1[nH]nc(Cn2ccnc2-c2ccc(F)c(F)c2)[nH]1. The Labute approximate surface area is 111 Å². The molecule has 6 nitrogen and oxygen atoms in total.